The molecule has 0 bridgehead atoms. The number of nitrogens with one attached hydrogen (secondary N) is 1. The average Bonchev–Trinajstić information content (AvgIpc) is 3.22. The van der Waals surface area contributed by atoms with Crippen LogP contribution in [0.3, 0.4) is 0 Å². The van der Waals surface area contributed by atoms with Crippen molar-refractivity contribution in [3.63, 3.8) is 0 Å². The Morgan fingerprint density at radius 1 is 1.18 bits per heavy atom. The number of aryl methyl sites for hydroxylation is 1. The lowest BCUT2D eigenvalue weighted by Crippen LogP contribution is -2.30. The maximum atomic E-state index is 13.4. The molecule has 33 heavy (non-hydrogen) atoms. The molecule has 0 unspecified atom stereocenters. The summed E-state index contributed by atoms with van der Waals surface area (Å²) in [6, 6.07) is 9.18. The largest absolute Gasteiger partial charge is 0.478 e. The number of carbonyl (C=O) groups excluding carboxylic acids is 1. The molecule has 3 aromatic heterocycles. The van der Waals surface area contributed by atoms with E-state index in [1.807, 2.05) is 39.0 Å². The first-order chi connectivity index (χ1) is 15.8. The normalized spacial score (nSPS) is 11.2. The summed E-state index contributed by atoms with van der Waals surface area (Å²) < 4.78 is 1.22. The van der Waals surface area contributed by atoms with E-state index in [1.54, 1.807) is 24.5 Å². The zero-order valence-electron chi connectivity index (χ0n) is 18.3. The lowest BCUT2D eigenvalue weighted by atomic mass is 9.98. The summed E-state index contributed by atoms with van der Waals surface area (Å²) in [7, 11) is 0. The number of pyridine rings is 1. The van der Waals surface area contributed by atoms with E-state index in [0.29, 0.717) is 16.1 Å². The van der Waals surface area contributed by atoms with E-state index in [4.69, 9.17) is 0 Å². The van der Waals surface area contributed by atoms with E-state index in [1.165, 1.54) is 9.95 Å². The Bertz CT molecular complexity index is 1420. The number of carbonyl (C=O) groups is 2. The average molecular weight is 463 g/mol. The summed E-state index contributed by atoms with van der Waals surface area (Å²) in [6.07, 6.45) is 3.13. The van der Waals surface area contributed by atoms with Gasteiger partial charge in [-0.25, -0.2) is 9.78 Å². The summed E-state index contributed by atoms with van der Waals surface area (Å²) in [5, 5.41) is 13.8. The van der Waals surface area contributed by atoms with Crippen molar-refractivity contribution in [2.45, 2.75) is 33.2 Å². The van der Waals surface area contributed by atoms with Crippen molar-refractivity contribution < 1.29 is 14.7 Å². The van der Waals surface area contributed by atoms with Gasteiger partial charge in [-0.15, -0.1) is 11.3 Å². The number of hydrogen-bond acceptors (Lipinski definition) is 6. The van der Waals surface area contributed by atoms with Crippen molar-refractivity contribution >= 4 is 39.1 Å². The second-order valence-electron chi connectivity index (χ2n) is 7.94. The lowest BCUT2D eigenvalue weighted by Gasteiger charge is -2.18. The summed E-state index contributed by atoms with van der Waals surface area (Å²) in [5.74, 6) is -1.15. The Labute approximate surface area is 193 Å². The molecular weight excluding hydrogens is 440 g/mol. The summed E-state index contributed by atoms with van der Waals surface area (Å²) in [5.41, 5.74) is 2.52. The molecule has 3 heterocycles. The Balaban J connectivity index is 1.82. The van der Waals surface area contributed by atoms with Crippen LogP contribution in [0.15, 0.2) is 52.9 Å². The molecule has 0 aliphatic heterocycles. The molecule has 8 nitrogen and oxygen atoms in total. The van der Waals surface area contributed by atoms with Gasteiger partial charge in [0.15, 0.2) is 0 Å². The highest BCUT2D eigenvalue weighted by Gasteiger charge is 2.22. The van der Waals surface area contributed by atoms with Crippen molar-refractivity contribution in [3.05, 3.63) is 75.1 Å². The predicted octanol–water partition coefficient (Wildman–Crippen LogP) is 4.29. The number of carboxylic acid groups (broad SMARTS) is 1. The zero-order valence-corrected chi connectivity index (χ0v) is 19.1. The minimum Gasteiger partial charge on any atom is -0.478 e. The van der Waals surface area contributed by atoms with Crippen LogP contribution < -0.4 is 10.9 Å². The summed E-state index contributed by atoms with van der Waals surface area (Å²) >= 11 is 1.08. The maximum absolute atomic E-state index is 13.4. The molecule has 1 aromatic carbocycles. The molecule has 4 aromatic rings. The Kier molecular flexibility index (Phi) is 6.06. The SMILES string of the molecule is Cc1cccc(C(C)C)c1NC(=O)Cn1c(-c2ccncc2)nc2scc(C(=O)O)c2c1=O. The highest BCUT2D eigenvalue weighted by Crippen LogP contribution is 2.28. The summed E-state index contributed by atoms with van der Waals surface area (Å²) in [4.78, 5) is 47.0. The predicted molar refractivity (Wildman–Crippen MR) is 128 cm³/mol. The zero-order chi connectivity index (χ0) is 23.7. The molecule has 168 valence electrons. The second-order valence-corrected chi connectivity index (χ2v) is 8.80. The summed E-state index contributed by atoms with van der Waals surface area (Å²) in [6.45, 7) is 5.67. The lowest BCUT2D eigenvalue weighted by molar-refractivity contribution is -0.116. The number of nitrogens with zero attached hydrogens (tertiary/aromatic N) is 3. The van der Waals surface area contributed by atoms with Crippen molar-refractivity contribution in [2.75, 3.05) is 5.32 Å². The van der Waals surface area contributed by atoms with Crippen LogP contribution in [-0.2, 0) is 11.3 Å². The highest BCUT2D eigenvalue weighted by molar-refractivity contribution is 7.17. The molecule has 0 saturated carbocycles. The van der Waals surface area contributed by atoms with Gasteiger partial charge in [-0.1, -0.05) is 32.0 Å². The second kappa shape index (κ2) is 8.95. The van der Waals surface area contributed by atoms with Gasteiger partial charge in [0.2, 0.25) is 5.91 Å². The van der Waals surface area contributed by atoms with E-state index in [2.05, 4.69) is 15.3 Å². The van der Waals surface area contributed by atoms with E-state index in [-0.39, 0.29) is 29.2 Å². The van der Waals surface area contributed by atoms with Gasteiger partial charge in [0.05, 0.1) is 10.9 Å². The standard InChI is InChI=1S/C24H22N4O4S/c1-13(2)16-6-4-5-14(3)20(16)26-18(29)11-28-21(15-7-9-25-10-8-15)27-22-19(23(28)30)17(12-33-22)24(31)32/h4-10,12-13H,11H2,1-3H3,(H,26,29)(H,31,32). The number of aromatic carboxylic acids is 1. The maximum Gasteiger partial charge on any atom is 0.337 e. The first kappa shape index (κ1) is 22.3. The molecule has 9 heteroatoms. The van der Waals surface area contributed by atoms with Gasteiger partial charge in [-0.3, -0.25) is 19.1 Å². The third-order valence-corrected chi connectivity index (χ3v) is 6.23. The Morgan fingerprint density at radius 2 is 1.91 bits per heavy atom. The van der Waals surface area contributed by atoms with Gasteiger partial charge in [0.25, 0.3) is 5.56 Å². The minimum atomic E-state index is -1.21. The first-order valence-electron chi connectivity index (χ1n) is 10.3. The third-order valence-electron chi connectivity index (χ3n) is 5.36. The van der Waals surface area contributed by atoms with Crippen LogP contribution in [0.4, 0.5) is 5.69 Å². The molecule has 0 saturated heterocycles. The van der Waals surface area contributed by atoms with Crippen molar-refractivity contribution in [2.24, 2.45) is 0 Å². The molecule has 1 amide bonds. The van der Waals surface area contributed by atoms with Crippen LogP contribution in [0.2, 0.25) is 0 Å². The molecule has 4 rings (SSSR count). The first-order valence-corrected chi connectivity index (χ1v) is 11.2. The molecule has 0 fully saturated rings. The number of amides is 1. The monoisotopic (exact) mass is 462 g/mol. The molecule has 0 radical (unpaired) electrons. The number of thiophene rings is 1. The Morgan fingerprint density at radius 3 is 2.58 bits per heavy atom. The van der Waals surface area contributed by atoms with Gasteiger partial charge in [0, 0.05) is 29.0 Å². The fraction of sp³-hybridized carbons (Fsp3) is 0.208. The highest BCUT2D eigenvalue weighted by atomic mass is 32.1. The van der Waals surface area contributed by atoms with Gasteiger partial charge in [-0.2, -0.15) is 0 Å². The van der Waals surface area contributed by atoms with Crippen LogP contribution in [0.1, 0.15) is 41.3 Å². The molecular formula is C24H22N4O4S. The van der Waals surface area contributed by atoms with Crippen LogP contribution >= 0.6 is 11.3 Å². The van der Waals surface area contributed by atoms with E-state index < -0.39 is 17.4 Å². The van der Waals surface area contributed by atoms with Gasteiger partial charge in [-0.05, 0) is 36.1 Å². The smallest absolute Gasteiger partial charge is 0.337 e. The van der Waals surface area contributed by atoms with Crippen LogP contribution in [0.5, 0.6) is 0 Å². The van der Waals surface area contributed by atoms with Crippen molar-refractivity contribution in [1.29, 1.82) is 0 Å². The molecule has 0 atom stereocenters. The Hall–Kier alpha value is -3.85. The van der Waals surface area contributed by atoms with Gasteiger partial charge >= 0.3 is 5.97 Å². The van der Waals surface area contributed by atoms with Gasteiger partial charge in [0.1, 0.15) is 17.2 Å². The van der Waals surface area contributed by atoms with E-state index in [0.717, 1.165) is 22.5 Å². The fourth-order valence-corrected chi connectivity index (χ4v) is 4.62. The fourth-order valence-electron chi connectivity index (χ4n) is 3.71. The number of fused-ring (bicyclic) bond motifs is 1. The third kappa shape index (κ3) is 4.27. The van der Waals surface area contributed by atoms with Gasteiger partial charge < -0.3 is 10.4 Å². The number of aromatic nitrogens is 3. The van der Waals surface area contributed by atoms with Crippen molar-refractivity contribution in [3.8, 4) is 11.4 Å². The number of rotatable bonds is 6. The topological polar surface area (TPSA) is 114 Å². The van der Waals surface area contributed by atoms with Crippen molar-refractivity contribution in [1.82, 2.24) is 14.5 Å². The van der Waals surface area contributed by atoms with E-state index in [9.17, 15) is 19.5 Å². The number of benzene rings is 1. The minimum absolute atomic E-state index is 0.00290. The number of para-hydroxylation sites is 1. The molecule has 0 aliphatic rings. The number of carboxylic acids is 1. The number of hydrogen-bond donors (Lipinski definition) is 2. The van der Waals surface area contributed by atoms with Crippen LogP contribution in [-0.4, -0.2) is 31.5 Å². The quantitative estimate of drug-likeness (QED) is 0.442. The van der Waals surface area contributed by atoms with Crippen LogP contribution in [0, 0.1) is 6.92 Å². The van der Waals surface area contributed by atoms with E-state index >= 15 is 0 Å². The number of anilines is 1. The van der Waals surface area contributed by atoms with Crippen LogP contribution in [0.25, 0.3) is 21.6 Å². The molecule has 0 spiro atoms. The molecule has 2 N–H and O–H groups in total. The molecule has 0 aliphatic carbocycles.